The molecule has 1 N–H and O–H groups in total. The van der Waals surface area contributed by atoms with Crippen LogP contribution in [0.3, 0.4) is 0 Å². The van der Waals surface area contributed by atoms with Crippen LogP contribution in [0.4, 0.5) is 4.39 Å². The molecule has 0 bridgehead atoms. The smallest absolute Gasteiger partial charge is 0.261 e. The average Bonchev–Trinajstić information content (AvgIpc) is 2.53. The normalized spacial score (nSPS) is 11.8. The van der Waals surface area contributed by atoms with Gasteiger partial charge in [0.15, 0.2) is 6.10 Å². The zero-order valence-corrected chi connectivity index (χ0v) is 12.8. The van der Waals surface area contributed by atoms with Crippen molar-refractivity contribution < 1.29 is 13.9 Å². The second kappa shape index (κ2) is 7.59. The Hall–Kier alpha value is -2.36. The van der Waals surface area contributed by atoms with Crippen molar-refractivity contribution in [3.63, 3.8) is 0 Å². The maximum Gasteiger partial charge on any atom is 0.261 e. The lowest BCUT2D eigenvalue weighted by atomic mass is 10.1. The van der Waals surface area contributed by atoms with E-state index in [1.165, 1.54) is 24.3 Å². The largest absolute Gasteiger partial charge is 0.481 e. The highest BCUT2D eigenvalue weighted by Crippen LogP contribution is 2.14. The summed E-state index contributed by atoms with van der Waals surface area (Å²) in [6.07, 6.45) is -0.0498. The second-order valence-electron chi connectivity index (χ2n) is 5.11. The number of ether oxygens (including phenoxy) is 1. The lowest BCUT2D eigenvalue weighted by molar-refractivity contribution is -0.128. The predicted octanol–water partition coefficient (Wildman–Crippen LogP) is 3.61. The van der Waals surface area contributed by atoms with Gasteiger partial charge in [-0.1, -0.05) is 31.2 Å². The highest BCUT2D eigenvalue weighted by atomic mass is 19.1. The Morgan fingerprint density at radius 2 is 1.86 bits per heavy atom. The van der Waals surface area contributed by atoms with E-state index >= 15 is 0 Å². The van der Waals surface area contributed by atoms with E-state index in [2.05, 4.69) is 5.32 Å². The molecule has 0 aliphatic heterocycles. The molecule has 4 heteroatoms. The molecule has 2 rings (SSSR count). The van der Waals surface area contributed by atoms with Crippen LogP contribution >= 0.6 is 0 Å². The van der Waals surface area contributed by atoms with Crippen LogP contribution in [0.2, 0.25) is 0 Å². The summed E-state index contributed by atoms with van der Waals surface area (Å²) in [5.41, 5.74) is 2.21. The van der Waals surface area contributed by atoms with Crippen LogP contribution in [-0.2, 0) is 11.3 Å². The van der Waals surface area contributed by atoms with Crippen molar-refractivity contribution in [1.82, 2.24) is 5.32 Å². The summed E-state index contributed by atoms with van der Waals surface area (Å²) in [7, 11) is 0. The quantitative estimate of drug-likeness (QED) is 0.885. The molecule has 22 heavy (non-hydrogen) atoms. The van der Waals surface area contributed by atoms with Gasteiger partial charge in [-0.05, 0) is 48.7 Å². The fourth-order valence-electron chi connectivity index (χ4n) is 2.10. The molecule has 0 heterocycles. The van der Waals surface area contributed by atoms with Crippen molar-refractivity contribution >= 4 is 5.91 Å². The van der Waals surface area contributed by atoms with Crippen molar-refractivity contribution in [3.8, 4) is 5.75 Å². The molecule has 0 fully saturated rings. The third kappa shape index (κ3) is 4.32. The fraction of sp³-hybridized carbons (Fsp3) is 0.278. The summed E-state index contributed by atoms with van der Waals surface area (Å²) in [6.45, 7) is 4.35. The van der Waals surface area contributed by atoms with Crippen LogP contribution < -0.4 is 10.1 Å². The van der Waals surface area contributed by atoms with Crippen LogP contribution in [0.5, 0.6) is 5.75 Å². The maximum absolute atomic E-state index is 12.9. The van der Waals surface area contributed by atoms with Gasteiger partial charge in [0.05, 0.1) is 0 Å². The standard InChI is InChI=1S/C18H20FNO2/c1-3-17(22-16-10-8-15(19)9-11-16)18(21)20-12-14-7-5-4-6-13(14)2/h4-11,17H,3,12H2,1-2H3,(H,20,21)/t17-/m1/s1. The third-order valence-corrected chi connectivity index (χ3v) is 3.47. The monoisotopic (exact) mass is 301 g/mol. The molecule has 116 valence electrons. The Morgan fingerprint density at radius 3 is 2.50 bits per heavy atom. The van der Waals surface area contributed by atoms with Gasteiger partial charge in [0.2, 0.25) is 0 Å². The van der Waals surface area contributed by atoms with Gasteiger partial charge >= 0.3 is 0 Å². The maximum atomic E-state index is 12.9. The number of benzene rings is 2. The molecule has 0 spiro atoms. The van der Waals surface area contributed by atoms with Gasteiger partial charge in [-0.25, -0.2) is 4.39 Å². The number of halogens is 1. The molecular formula is C18H20FNO2. The fourth-order valence-corrected chi connectivity index (χ4v) is 2.10. The van der Waals surface area contributed by atoms with E-state index in [4.69, 9.17) is 4.74 Å². The molecule has 0 saturated heterocycles. The van der Waals surface area contributed by atoms with E-state index in [0.29, 0.717) is 18.7 Å². The van der Waals surface area contributed by atoms with Gasteiger partial charge in [-0.2, -0.15) is 0 Å². The van der Waals surface area contributed by atoms with Crippen molar-refractivity contribution in [2.75, 3.05) is 0 Å². The Balaban J connectivity index is 1.94. The van der Waals surface area contributed by atoms with Gasteiger partial charge in [-0.15, -0.1) is 0 Å². The van der Waals surface area contributed by atoms with E-state index in [1.807, 2.05) is 38.1 Å². The minimum Gasteiger partial charge on any atom is -0.481 e. The number of hydrogen-bond acceptors (Lipinski definition) is 2. The van der Waals surface area contributed by atoms with Crippen molar-refractivity contribution in [2.24, 2.45) is 0 Å². The number of hydrogen-bond donors (Lipinski definition) is 1. The number of aryl methyl sites for hydroxylation is 1. The third-order valence-electron chi connectivity index (χ3n) is 3.47. The summed E-state index contributed by atoms with van der Waals surface area (Å²) in [5, 5.41) is 2.88. The molecule has 1 atom stereocenters. The molecule has 2 aromatic carbocycles. The summed E-state index contributed by atoms with van der Waals surface area (Å²) in [6, 6.07) is 13.6. The molecule has 0 radical (unpaired) electrons. The first-order chi connectivity index (χ1) is 10.6. The zero-order chi connectivity index (χ0) is 15.9. The highest BCUT2D eigenvalue weighted by molar-refractivity contribution is 5.81. The minimum atomic E-state index is -0.588. The zero-order valence-electron chi connectivity index (χ0n) is 12.8. The molecule has 3 nitrogen and oxygen atoms in total. The molecule has 0 aliphatic carbocycles. The molecule has 0 aromatic heterocycles. The molecule has 0 aliphatic rings. The topological polar surface area (TPSA) is 38.3 Å². The van der Waals surface area contributed by atoms with Crippen LogP contribution in [-0.4, -0.2) is 12.0 Å². The predicted molar refractivity (Wildman–Crippen MR) is 84.1 cm³/mol. The minimum absolute atomic E-state index is 0.171. The molecule has 0 saturated carbocycles. The van der Waals surface area contributed by atoms with Gasteiger partial charge in [-0.3, -0.25) is 4.79 Å². The van der Waals surface area contributed by atoms with E-state index < -0.39 is 6.10 Å². The van der Waals surface area contributed by atoms with Crippen molar-refractivity contribution in [1.29, 1.82) is 0 Å². The first-order valence-electron chi connectivity index (χ1n) is 7.34. The SMILES string of the molecule is CC[C@@H](Oc1ccc(F)cc1)C(=O)NCc1ccccc1C. The summed E-state index contributed by atoms with van der Waals surface area (Å²) in [4.78, 5) is 12.2. The van der Waals surface area contributed by atoms with Crippen LogP contribution in [0.1, 0.15) is 24.5 Å². The van der Waals surface area contributed by atoms with E-state index in [1.54, 1.807) is 0 Å². The first-order valence-corrected chi connectivity index (χ1v) is 7.34. The number of carbonyl (C=O) groups excluding carboxylic acids is 1. The lowest BCUT2D eigenvalue weighted by Crippen LogP contribution is -2.37. The van der Waals surface area contributed by atoms with Gasteiger partial charge in [0.1, 0.15) is 11.6 Å². The van der Waals surface area contributed by atoms with E-state index in [0.717, 1.165) is 11.1 Å². The van der Waals surface area contributed by atoms with Gasteiger partial charge in [0, 0.05) is 6.54 Å². The number of rotatable bonds is 6. The number of nitrogens with one attached hydrogen (secondary N) is 1. The average molecular weight is 301 g/mol. The molecule has 1 amide bonds. The highest BCUT2D eigenvalue weighted by Gasteiger charge is 2.18. The number of carbonyl (C=O) groups is 1. The van der Waals surface area contributed by atoms with Crippen molar-refractivity contribution in [2.45, 2.75) is 32.9 Å². The summed E-state index contributed by atoms with van der Waals surface area (Å²) in [5.74, 6) is -0.0150. The lowest BCUT2D eigenvalue weighted by Gasteiger charge is -2.17. The second-order valence-corrected chi connectivity index (χ2v) is 5.11. The van der Waals surface area contributed by atoms with Crippen LogP contribution in [0.15, 0.2) is 48.5 Å². The van der Waals surface area contributed by atoms with E-state index in [-0.39, 0.29) is 11.7 Å². The summed E-state index contributed by atoms with van der Waals surface area (Å²) < 4.78 is 18.5. The Morgan fingerprint density at radius 1 is 1.18 bits per heavy atom. The Bertz CT molecular complexity index is 625. The number of amides is 1. The molecular weight excluding hydrogens is 281 g/mol. The van der Waals surface area contributed by atoms with Crippen LogP contribution in [0.25, 0.3) is 0 Å². The van der Waals surface area contributed by atoms with Crippen molar-refractivity contribution in [3.05, 3.63) is 65.5 Å². The Kier molecular flexibility index (Phi) is 5.53. The molecule has 0 unspecified atom stereocenters. The Labute approximate surface area is 130 Å². The summed E-state index contributed by atoms with van der Waals surface area (Å²) >= 11 is 0. The van der Waals surface area contributed by atoms with E-state index in [9.17, 15) is 9.18 Å². The van der Waals surface area contributed by atoms with Gasteiger partial charge < -0.3 is 10.1 Å². The molecule has 2 aromatic rings. The first kappa shape index (κ1) is 16.0. The van der Waals surface area contributed by atoms with Crippen LogP contribution in [0, 0.1) is 12.7 Å². The van der Waals surface area contributed by atoms with Gasteiger partial charge in [0.25, 0.3) is 5.91 Å².